The van der Waals surface area contributed by atoms with Gasteiger partial charge in [-0.05, 0) is 38.4 Å². The van der Waals surface area contributed by atoms with Gasteiger partial charge in [0.1, 0.15) is 5.82 Å². The summed E-state index contributed by atoms with van der Waals surface area (Å²) in [6, 6.07) is 5.28. The van der Waals surface area contributed by atoms with Crippen molar-refractivity contribution < 1.29 is 0 Å². The van der Waals surface area contributed by atoms with Crippen LogP contribution >= 0.6 is 0 Å². The van der Waals surface area contributed by atoms with Gasteiger partial charge in [0.05, 0.1) is 11.9 Å². The van der Waals surface area contributed by atoms with Crippen LogP contribution in [0.5, 0.6) is 0 Å². The molecule has 2 N–H and O–H groups in total. The fourth-order valence-corrected chi connectivity index (χ4v) is 3.11. The molecule has 0 saturated carbocycles. The Morgan fingerprint density at radius 2 is 2.24 bits per heavy atom. The van der Waals surface area contributed by atoms with Gasteiger partial charge in [0.25, 0.3) is 0 Å². The number of rotatable bonds is 1. The Morgan fingerprint density at radius 1 is 1.35 bits per heavy atom. The fraction of sp³-hybridized carbons (Fsp3) is 0.615. The lowest BCUT2D eigenvalue weighted by Crippen LogP contribution is -2.55. The fourth-order valence-electron chi connectivity index (χ4n) is 3.11. The number of nitrogens with zero attached hydrogens (tertiary/aromatic N) is 3. The van der Waals surface area contributed by atoms with Crippen molar-refractivity contribution in [1.29, 1.82) is 0 Å². The van der Waals surface area contributed by atoms with Gasteiger partial charge in [0.2, 0.25) is 0 Å². The molecule has 2 atom stereocenters. The lowest BCUT2D eigenvalue weighted by molar-refractivity contribution is 0.203. The van der Waals surface area contributed by atoms with Crippen LogP contribution in [-0.2, 0) is 0 Å². The average Bonchev–Trinajstić information content (AvgIpc) is 2.76. The quantitative estimate of drug-likeness (QED) is 0.793. The van der Waals surface area contributed by atoms with Crippen LogP contribution in [0.1, 0.15) is 19.8 Å². The minimum absolute atomic E-state index is 0.565. The van der Waals surface area contributed by atoms with Gasteiger partial charge in [-0.25, -0.2) is 4.98 Å². The molecule has 0 amide bonds. The Balaban J connectivity index is 1.80. The highest BCUT2D eigenvalue weighted by atomic mass is 15.3. The second kappa shape index (κ2) is 4.18. The Hall–Kier alpha value is -1.29. The third-order valence-corrected chi connectivity index (χ3v) is 4.04. The first kappa shape index (κ1) is 10.8. The van der Waals surface area contributed by atoms with E-state index in [1.807, 2.05) is 12.3 Å². The molecule has 3 heterocycles. The first-order valence-electron chi connectivity index (χ1n) is 6.46. The van der Waals surface area contributed by atoms with E-state index in [2.05, 4.69) is 27.8 Å². The predicted octanol–water partition coefficient (Wildman–Crippen LogP) is 1.34. The number of nitrogen functional groups attached to an aromatic ring is 1. The maximum absolute atomic E-state index is 5.64. The zero-order chi connectivity index (χ0) is 11.8. The molecule has 92 valence electrons. The van der Waals surface area contributed by atoms with Crippen LogP contribution in [0, 0.1) is 0 Å². The molecule has 1 aromatic heterocycles. The molecule has 0 radical (unpaired) electrons. The number of aromatic nitrogens is 1. The number of anilines is 2. The number of pyridine rings is 1. The highest BCUT2D eigenvalue weighted by Gasteiger charge is 2.34. The van der Waals surface area contributed by atoms with E-state index < -0.39 is 0 Å². The summed E-state index contributed by atoms with van der Waals surface area (Å²) in [7, 11) is 0. The molecule has 2 saturated heterocycles. The summed E-state index contributed by atoms with van der Waals surface area (Å²) in [5.41, 5.74) is 6.85. The Morgan fingerprint density at radius 3 is 3.00 bits per heavy atom. The smallest absolute Gasteiger partial charge is 0.123 e. The standard InChI is InChI=1S/C13H20N4/c1-10-8-16-6-2-3-12(16)9-17(10)11-4-5-13(14)15-7-11/h4-5,7,10,12H,2-3,6,8-9H2,1H3,(H2,14,15). The monoisotopic (exact) mass is 232 g/mol. The van der Waals surface area contributed by atoms with E-state index in [-0.39, 0.29) is 0 Å². The second-order valence-corrected chi connectivity index (χ2v) is 5.23. The zero-order valence-electron chi connectivity index (χ0n) is 10.3. The van der Waals surface area contributed by atoms with E-state index in [0.717, 1.165) is 12.6 Å². The van der Waals surface area contributed by atoms with Crippen LogP contribution in [0.4, 0.5) is 11.5 Å². The van der Waals surface area contributed by atoms with Crippen LogP contribution < -0.4 is 10.6 Å². The molecule has 0 spiro atoms. The van der Waals surface area contributed by atoms with E-state index >= 15 is 0 Å². The maximum Gasteiger partial charge on any atom is 0.123 e. The summed E-state index contributed by atoms with van der Waals surface area (Å²) in [5.74, 6) is 0.598. The predicted molar refractivity (Wildman–Crippen MR) is 70.1 cm³/mol. The molecule has 0 bridgehead atoms. The van der Waals surface area contributed by atoms with Crippen molar-refractivity contribution in [3.63, 3.8) is 0 Å². The van der Waals surface area contributed by atoms with Gasteiger partial charge >= 0.3 is 0 Å². The summed E-state index contributed by atoms with van der Waals surface area (Å²) in [6.07, 6.45) is 4.59. The van der Waals surface area contributed by atoms with Gasteiger partial charge in [0.15, 0.2) is 0 Å². The van der Waals surface area contributed by atoms with Crippen molar-refractivity contribution in [3.8, 4) is 0 Å². The van der Waals surface area contributed by atoms with E-state index in [0.29, 0.717) is 11.9 Å². The molecule has 2 aliphatic rings. The summed E-state index contributed by atoms with van der Waals surface area (Å²) in [5, 5.41) is 0. The lowest BCUT2D eigenvalue weighted by atomic mass is 10.1. The normalized spacial score (nSPS) is 29.4. The van der Waals surface area contributed by atoms with Gasteiger partial charge in [0, 0.05) is 25.2 Å². The van der Waals surface area contributed by atoms with Crippen molar-refractivity contribution in [3.05, 3.63) is 18.3 Å². The third kappa shape index (κ3) is 1.97. The molecule has 4 heteroatoms. The van der Waals surface area contributed by atoms with E-state index in [9.17, 15) is 0 Å². The molecule has 0 aromatic carbocycles. The second-order valence-electron chi connectivity index (χ2n) is 5.23. The highest BCUT2D eigenvalue weighted by Crippen LogP contribution is 2.28. The minimum atomic E-state index is 0.565. The largest absolute Gasteiger partial charge is 0.384 e. The molecular weight excluding hydrogens is 212 g/mol. The molecule has 1 aromatic rings. The number of piperazine rings is 1. The number of fused-ring (bicyclic) bond motifs is 1. The van der Waals surface area contributed by atoms with Crippen LogP contribution in [0.15, 0.2) is 18.3 Å². The Kier molecular flexibility index (Phi) is 2.67. The number of hydrogen-bond acceptors (Lipinski definition) is 4. The molecule has 0 aliphatic carbocycles. The van der Waals surface area contributed by atoms with Gasteiger partial charge in [-0.15, -0.1) is 0 Å². The van der Waals surface area contributed by atoms with E-state index in [1.165, 1.54) is 31.6 Å². The topological polar surface area (TPSA) is 45.4 Å². The maximum atomic E-state index is 5.64. The molecule has 3 rings (SSSR count). The van der Waals surface area contributed by atoms with Crippen molar-refractivity contribution in [2.75, 3.05) is 30.3 Å². The SMILES string of the molecule is CC1CN2CCCC2CN1c1ccc(N)nc1. The molecule has 4 nitrogen and oxygen atoms in total. The van der Waals surface area contributed by atoms with E-state index in [1.54, 1.807) is 0 Å². The number of nitrogens with two attached hydrogens (primary N) is 1. The van der Waals surface area contributed by atoms with Crippen molar-refractivity contribution in [1.82, 2.24) is 9.88 Å². The number of hydrogen-bond donors (Lipinski definition) is 1. The summed E-state index contributed by atoms with van der Waals surface area (Å²) < 4.78 is 0. The van der Waals surface area contributed by atoms with Crippen LogP contribution in [0.25, 0.3) is 0 Å². The highest BCUT2D eigenvalue weighted by molar-refractivity contribution is 5.49. The van der Waals surface area contributed by atoms with Crippen molar-refractivity contribution in [2.24, 2.45) is 0 Å². The van der Waals surface area contributed by atoms with Crippen molar-refractivity contribution >= 4 is 11.5 Å². The third-order valence-electron chi connectivity index (χ3n) is 4.04. The van der Waals surface area contributed by atoms with Crippen molar-refractivity contribution in [2.45, 2.75) is 31.8 Å². The van der Waals surface area contributed by atoms with Gasteiger partial charge in [-0.1, -0.05) is 0 Å². The van der Waals surface area contributed by atoms with Gasteiger partial charge in [-0.3, -0.25) is 4.90 Å². The van der Waals surface area contributed by atoms with Crippen LogP contribution in [-0.4, -0.2) is 41.6 Å². The first-order valence-corrected chi connectivity index (χ1v) is 6.46. The van der Waals surface area contributed by atoms with Crippen LogP contribution in [0.2, 0.25) is 0 Å². The molecular formula is C13H20N4. The first-order chi connectivity index (χ1) is 8.24. The molecule has 2 unspecified atom stereocenters. The molecule has 17 heavy (non-hydrogen) atoms. The van der Waals surface area contributed by atoms with Gasteiger partial charge in [-0.2, -0.15) is 0 Å². The average molecular weight is 232 g/mol. The Labute approximate surface area is 102 Å². The van der Waals surface area contributed by atoms with Crippen LogP contribution in [0.3, 0.4) is 0 Å². The van der Waals surface area contributed by atoms with E-state index in [4.69, 9.17) is 5.73 Å². The molecule has 2 fully saturated rings. The van der Waals surface area contributed by atoms with Gasteiger partial charge < -0.3 is 10.6 Å². The minimum Gasteiger partial charge on any atom is -0.384 e. The summed E-state index contributed by atoms with van der Waals surface area (Å²) >= 11 is 0. The zero-order valence-corrected chi connectivity index (χ0v) is 10.3. The summed E-state index contributed by atoms with van der Waals surface area (Å²) in [6.45, 7) is 5.88. The summed E-state index contributed by atoms with van der Waals surface area (Å²) in [4.78, 5) is 9.30. The lowest BCUT2D eigenvalue weighted by Gasteiger charge is -2.43. The Bertz CT molecular complexity index is 389. The molecule has 2 aliphatic heterocycles.